The maximum atomic E-state index is 12.5. The van der Waals surface area contributed by atoms with Crippen molar-refractivity contribution in [3.63, 3.8) is 0 Å². The summed E-state index contributed by atoms with van der Waals surface area (Å²) in [6.45, 7) is 7.63. The number of aromatic nitrogens is 2. The highest BCUT2D eigenvalue weighted by Crippen LogP contribution is 2.18. The van der Waals surface area contributed by atoms with Crippen molar-refractivity contribution in [1.29, 1.82) is 0 Å². The minimum atomic E-state index is 0.0766. The van der Waals surface area contributed by atoms with Gasteiger partial charge in [0.25, 0.3) is 0 Å². The maximum absolute atomic E-state index is 12.5. The van der Waals surface area contributed by atoms with Gasteiger partial charge in [-0.2, -0.15) is 5.10 Å². The summed E-state index contributed by atoms with van der Waals surface area (Å²) in [7, 11) is 0. The van der Waals surface area contributed by atoms with Gasteiger partial charge in [-0.1, -0.05) is 30.3 Å². The molecule has 0 saturated carbocycles. The molecule has 1 aromatic heterocycles. The lowest BCUT2D eigenvalue weighted by molar-refractivity contribution is -0.144. The molecule has 1 amide bonds. The van der Waals surface area contributed by atoms with Crippen LogP contribution in [-0.4, -0.2) is 45.9 Å². The summed E-state index contributed by atoms with van der Waals surface area (Å²) < 4.78 is 7.37. The van der Waals surface area contributed by atoms with Crippen LogP contribution < -0.4 is 5.32 Å². The summed E-state index contributed by atoms with van der Waals surface area (Å²) in [5.41, 5.74) is 2.12. The van der Waals surface area contributed by atoms with Crippen molar-refractivity contribution in [3.8, 4) is 0 Å². The summed E-state index contributed by atoms with van der Waals surface area (Å²) in [6, 6.07) is 10.4. The second-order valence-corrected chi connectivity index (χ2v) is 6.76. The molecule has 1 fully saturated rings. The molecular weight excluding hydrogens is 316 g/mol. The first-order valence-electron chi connectivity index (χ1n) is 8.78. The van der Waals surface area contributed by atoms with Crippen LogP contribution in [0.25, 0.3) is 0 Å². The number of carbonyl (C=O) groups is 1. The minimum absolute atomic E-state index is 0.0766. The molecule has 1 N–H and O–H groups in total. The summed E-state index contributed by atoms with van der Waals surface area (Å²) in [5.74, 6) is 0.0766. The quantitative estimate of drug-likeness (QED) is 0.908. The number of anilines is 1. The Morgan fingerprint density at radius 2 is 1.96 bits per heavy atom. The Morgan fingerprint density at radius 1 is 1.28 bits per heavy atom. The molecule has 0 unspecified atom stereocenters. The van der Waals surface area contributed by atoms with Gasteiger partial charge in [-0.25, -0.2) is 0 Å². The highest BCUT2D eigenvalue weighted by Gasteiger charge is 2.26. The van der Waals surface area contributed by atoms with E-state index in [1.807, 2.05) is 43.1 Å². The molecule has 1 aromatic carbocycles. The number of ether oxygens (including phenoxy) is 1. The van der Waals surface area contributed by atoms with Gasteiger partial charge in [-0.05, 0) is 26.3 Å². The van der Waals surface area contributed by atoms with Gasteiger partial charge >= 0.3 is 0 Å². The Kier molecular flexibility index (Phi) is 5.38. The third-order valence-electron chi connectivity index (χ3n) is 4.39. The SMILES string of the molecule is C[C@@H]1CN(C(=O)Cn2cc(N[C@H](C)c3ccccc3)cn2)C[C@H](C)O1. The van der Waals surface area contributed by atoms with Crippen LogP contribution in [0, 0.1) is 0 Å². The van der Waals surface area contributed by atoms with Crippen molar-refractivity contribution in [2.24, 2.45) is 0 Å². The first kappa shape index (κ1) is 17.5. The van der Waals surface area contributed by atoms with E-state index in [-0.39, 0.29) is 30.7 Å². The molecule has 25 heavy (non-hydrogen) atoms. The van der Waals surface area contributed by atoms with Crippen LogP contribution in [0.1, 0.15) is 32.4 Å². The normalized spacial score (nSPS) is 21.8. The zero-order valence-corrected chi connectivity index (χ0v) is 15.1. The lowest BCUT2D eigenvalue weighted by Crippen LogP contribution is -2.49. The molecule has 0 radical (unpaired) electrons. The Bertz CT molecular complexity index is 690. The number of nitrogens with one attached hydrogen (secondary N) is 1. The van der Waals surface area contributed by atoms with Crippen LogP contribution in [0.3, 0.4) is 0 Å². The number of benzene rings is 1. The van der Waals surface area contributed by atoms with Crippen LogP contribution in [0.4, 0.5) is 5.69 Å². The van der Waals surface area contributed by atoms with Gasteiger partial charge in [-0.15, -0.1) is 0 Å². The van der Waals surface area contributed by atoms with E-state index in [1.54, 1.807) is 10.9 Å². The van der Waals surface area contributed by atoms with E-state index in [4.69, 9.17) is 4.74 Å². The average Bonchev–Trinajstić information content (AvgIpc) is 3.01. The number of morpholine rings is 1. The molecule has 3 atom stereocenters. The van der Waals surface area contributed by atoms with Crippen LogP contribution in [0.15, 0.2) is 42.7 Å². The molecule has 2 heterocycles. The van der Waals surface area contributed by atoms with E-state index in [2.05, 4.69) is 29.5 Å². The van der Waals surface area contributed by atoms with Crippen molar-refractivity contribution < 1.29 is 9.53 Å². The van der Waals surface area contributed by atoms with E-state index in [9.17, 15) is 4.79 Å². The fraction of sp³-hybridized carbons (Fsp3) is 0.474. The number of hydrogen-bond acceptors (Lipinski definition) is 4. The highest BCUT2D eigenvalue weighted by molar-refractivity contribution is 5.76. The zero-order valence-electron chi connectivity index (χ0n) is 15.1. The predicted molar refractivity (Wildman–Crippen MR) is 97.3 cm³/mol. The first-order chi connectivity index (χ1) is 12.0. The van der Waals surface area contributed by atoms with Gasteiger partial charge in [0.05, 0.1) is 24.1 Å². The molecule has 2 aromatic rings. The lowest BCUT2D eigenvalue weighted by Gasteiger charge is -2.35. The van der Waals surface area contributed by atoms with E-state index in [1.165, 1.54) is 5.56 Å². The number of nitrogens with zero attached hydrogens (tertiary/aromatic N) is 3. The van der Waals surface area contributed by atoms with Gasteiger partial charge < -0.3 is 15.0 Å². The predicted octanol–water partition coefficient (Wildman–Crippen LogP) is 2.69. The molecule has 6 heteroatoms. The third kappa shape index (κ3) is 4.60. The molecule has 1 aliphatic heterocycles. The molecule has 0 spiro atoms. The van der Waals surface area contributed by atoms with Crippen molar-refractivity contribution in [2.75, 3.05) is 18.4 Å². The van der Waals surface area contributed by atoms with E-state index < -0.39 is 0 Å². The van der Waals surface area contributed by atoms with Crippen molar-refractivity contribution in [3.05, 3.63) is 48.3 Å². The van der Waals surface area contributed by atoms with Crippen LogP contribution in [0.5, 0.6) is 0 Å². The summed E-state index contributed by atoms with van der Waals surface area (Å²) >= 11 is 0. The molecule has 0 bridgehead atoms. The van der Waals surface area contributed by atoms with Gasteiger partial charge in [0, 0.05) is 25.3 Å². The molecule has 134 valence electrons. The Morgan fingerprint density at radius 3 is 2.64 bits per heavy atom. The van der Waals surface area contributed by atoms with Crippen LogP contribution in [0.2, 0.25) is 0 Å². The van der Waals surface area contributed by atoms with Gasteiger partial charge in [0.2, 0.25) is 5.91 Å². The molecule has 6 nitrogen and oxygen atoms in total. The number of hydrogen-bond donors (Lipinski definition) is 1. The lowest BCUT2D eigenvalue weighted by atomic mass is 10.1. The fourth-order valence-corrected chi connectivity index (χ4v) is 3.22. The van der Waals surface area contributed by atoms with E-state index in [0.29, 0.717) is 13.1 Å². The average molecular weight is 342 g/mol. The molecule has 1 aliphatic rings. The largest absolute Gasteiger partial charge is 0.376 e. The monoisotopic (exact) mass is 342 g/mol. The summed E-state index contributed by atoms with van der Waals surface area (Å²) in [6.07, 6.45) is 3.80. The van der Waals surface area contributed by atoms with Crippen molar-refractivity contribution in [1.82, 2.24) is 14.7 Å². The highest BCUT2D eigenvalue weighted by atomic mass is 16.5. The van der Waals surface area contributed by atoms with E-state index >= 15 is 0 Å². The Hall–Kier alpha value is -2.34. The molecule has 3 rings (SSSR count). The van der Waals surface area contributed by atoms with Crippen LogP contribution >= 0.6 is 0 Å². The second-order valence-electron chi connectivity index (χ2n) is 6.76. The summed E-state index contributed by atoms with van der Waals surface area (Å²) in [4.78, 5) is 14.4. The molecule has 1 saturated heterocycles. The van der Waals surface area contributed by atoms with Crippen molar-refractivity contribution in [2.45, 2.75) is 45.6 Å². The summed E-state index contributed by atoms with van der Waals surface area (Å²) in [5, 5.41) is 7.73. The van der Waals surface area contributed by atoms with Crippen molar-refractivity contribution >= 4 is 11.6 Å². The Labute approximate surface area is 148 Å². The fourth-order valence-electron chi connectivity index (χ4n) is 3.22. The molecule has 0 aliphatic carbocycles. The zero-order chi connectivity index (χ0) is 17.8. The number of rotatable bonds is 5. The Balaban J connectivity index is 1.57. The van der Waals surface area contributed by atoms with Gasteiger partial charge in [-0.3, -0.25) is 9.48 Å². The van der Waals surface area contributed by atoms with Gasteiger partial charge in [0.1, 0.15) is 6.54 Å². The number of amides is 1. The number of carbonyl (C=O) groups excluding carboxylic acids is 1. The van der Waals surface area contributed by atoms with Crippen LogP contribution in [-0.2, 0) is 16.1 Å². The molecular formula is C19H26N4O2. The topological polar surface area (TPSA) is 59.4 Å². The smallest absolute Gasteiger partial charge is 0.244 e. The maximum Gasteiger partial charge on any atom is 0.244 e. The first-order valence-corrected chi connectivity index (χ1v) is 8.78. The standard InChI is InChI=1S/C19H26N4O2/c1-14-10-22(11-15(2)25-14)19(24)13-23-12-18(9-20-23)21-16(3)17-7-5-4-6-8-17/h4-9,12,14-16,21H,10-11,13H2,1-3H3/t14-,15+,16-/m1/s1. The van der Waals surface area contributed by atoms with E-state index in [0.717, 1.165) is 5.69 Å². The third-order valence-corrected chi connectivity index (χ3v) is 4.39. The second kappa shape index (κ2) is 7.70. The minimum Gasteiger partial charge on any atom is -0.376 e. The van der Waals surface area contributed by atoms with Gasteiger partial charge in [0.15, 0.2) is 0 Å².